The summed E-state index contributed by atoms with van der Waals surface area (Å²) in [5.41, 5.74) is -0.484. The van der Waals surface area contributed by atoms with Crippen LogP contribution in [0.3, 0.4) is 0 Å². The summed E-state index contributed by atoms with van der Waals surface area (Å²) in [5.74, 6) is -0.660. The molecule has 0 radical (unpaired) electrons. The lowest BCUT2D eigenvalue weighted by Crippen LogP contribution is -2.46. The fourth-order valence-electron chi connectivity index (χ4n) is 2.97. The summed E-state index contributed by atoms with van der Waals surface area (Å²) in [6.45, 7) is 6.33. The highest BCUT2D eigenvalue weighted by Crippen LogP contribution is 2.44. The average Bonchev–Trinajstić information content (AvgIpc) is 3.07. The zero-order valence-electron chi connectivity index (χ0n) is 12.6. The van der Waals surface area contributed by atoms with Gasteiger partial charge in [0.2, 0.25) is 0 Å². The topological polar surface area (TPSA) is 66.8 Å². The monoisotopic (exact) mass is 283 g/mol. The molecule has 2 fully saturated rings. The average molecular weight is 283 g/mol. The fourth-order valence-corrected chi connectivity index (χ4v) is 2.97. The van der Waals surface area contributed by atoms with Gasteiger partial charge in [-0.3, -0.25) is 4.79 Å². The first kappa shape index (κ1) is 15.1. The summed E-state index contributed by atoms with van der Waals surface area (Å²) in [4.78, 5) is 25.0. The van der Waals surface area contributed by atoms with Gasteiger partial charge < -0.3 is 14.7 Å². The Bertz CT molecular complexity index is 388. The maximum absolute atomic E-state index is 12.2. The third-order valence-electron chi connectivity index (χ3n) is 4.07. The molecule has 20 heavy (non-hydrogen) atoms. The van der Waals surface area contributed by atoms with Crippen molar-refractivity contribution >= 4 is 12.1 Å². The standard InChI is InChI=1S/C15H25NO4/c1-15(2,3)20-14(19)16-7-5-4-6-11(16)8-10-9-12(10)13(17)18/h10-12H,4-9H2,1-3H3,(H,17,18)/t10-,11?,12-/m1/s1. The van der Waals surface area contributed by atoms with E-state index in [9.17, 15) is 9.59 Å². The molecule has 114 valence electrons. The third kappa shape index (κ3) is 3.87. The molecular formula is C15H25NO4. The number of aliphatic carboxylic acids is 1. The first-order chi connectivity index (χ1) is 9.28. The molecule has 0 aromatic heterocycles. The number of hydrogen-bond donors (Lipinski definition) is 1. The number of piperidine rings is 1. The molecule has 1 unspecified atom stereocenters. The summed E-state index contributed by atoms with van der Waals surface area (Å²) in [6.07, 6.45) is 4.37. The quantitative estimate of drug-likeness (QED) is 0.864. The van der Waals surface area contributed by atoms with Crippen LogP contribution in [0.15, 0.2) is 0 Å². The van der Waals surface area contributed by atoms with Crippen LogP contribution in [0.1, 0.15) is 52.9 Å². The van der Waals surface area contributed by atoms with Gasteiger partial charge in [-0.15, -0.1) is 0 Å². The molecule has 2 rings (SSSR count). The van der Waals surface area contributed by atoms with Crippen LogP contribution in [0.2, 0.25) is 0 Å². The smallest absolute Gasteiger partial charge is 0.410 e. The van der Waals surface area contributed by atoms with Gasteiger partial charge in [0.15, 0.2) is 0 Å². The number of hydrogen-bond acceptors (Lipinski definition) is 3. The minimum Gasteiger partial charge on any atom is -0.481 e. The lowest BCUT2D eigenvalue weighted by Gasteiger charge is -2.37. The van der Waals surface area contributed by atoms with Gasteiger partial charge in [-0.05, 0) is 58.8 Å². The molecule has 0 aromatic rings. The van der Waals surface area contributed by atoms with E-state index in [1.54, 1.807) is 0 Å². The van der Waals surface area contributed by atoms with Gasteiger partial charge in [0.1, 0.15) is 5.60 Å². The maximum Gasteiger partial charge on any atom is 0.410 e. The molecule has 1 heterocycles. The van der Waals surface area contributed by atoms with Crippen LogP contribution in [-0.2, 0) is 9.53 Å². The Hall–Kier alpha value is -1.26. The minimum absolute atomic E-state index is 0.146. The third-order valence-corrected chi connectivity index (χ3v) is 4.07. The van der Waals surface area contributed by atoms with Crippen LogP contribution in [0.4, 0.5) is 4.79 Å². The summed E-state index contributed by atoms with van der Waals surface area (Å²) in [5, 5.41) is 8.98. The van der Waals surface area contributed by atoms with Crippen LogP contribution >= 0.6 is 0 Å². The van der Waals surface area contributed by atoms with E-state index >= 15 is 0 Å². The van der Waals surface area contributed by atoms with E-state index in [1.165, 1.54) is 0 Å². The zero-order valence-corrected chi connectivity index (χ0v) is 12.6. The Morgan fingerprint density at radius 1 is 1.30 bits per heavy atom. The highest BCUT2D eigenvalue weighted by atomic mass is 16.6. The van der Waals surface area contributed by atoms with E-state index in [1.807, 2.05) is 25.7 Å². The lowest BCUT2D eigenvalue weighted by atomic mass is 9.97. The number of nitrogens with zero attached hydrogens (tertiary/aromatic N) is 1. The number of carbonyl (C=O) groups is 2. The number of likely N-dealkylation sites (tertiary alicyclic amines) is 1. The van der Waals surface area contributed by atoms with Crippen molar-refractivity contribution in [1.82, 2.24) is 4.90 Å². The largest absolute Gasteiger partial charge is 0.481 e. The van der Waals surface area contributed by atoms with Crippen molar-refractivity contribution in [3.8, 4) is 0 Å². The molecule has 1 saturated carbocycles. The molecular weight excluding hydrogens is 258 g/mol. The summed E-state index contributed by atoms with van der Waals surface area (Å²) >= 11 is 0. The van der Waals surface area contributed by atoms with Crippen LogP contribution < -0.4 is 0 Å². The van der Waals surface area contributed by atoms with Crippen LogP contribution in [0, 0.1) is 11.8 Å². The van der Waals surface area contributed by atoms with Crippen molar-refractivity contribution in [3.63, 3.8) is 0 Å². The molecule has 1 amide bonds. The van der Waals surface area contributed by atoms with E-state index < -0.39 is 11.6 Å². The van der Waals surface area contributed by atoms with Gasteiger partial charge in [0.25, 0.3) is 0 Å². The SMILES string of the molecule is CC(C)(C)OC(=O)N1CCCCC1C[C@@H]1C[C@H]1C(=O)O. The summed E-state index contributed by atoms with van der Waals surface area (Å²) in [7, 11) is 0. The van der Waals surface area contributed by atoms with Crippen LogP contribution in [0.25, 0.3) is 0 Å². The van der Waals surface area contributed by atoms with Crippen LogP contribution in [-0.4, -0.2) is 40.3 Å². The van der Waals surface area contributed by atoms with Crippen LogP contribution in [0.5, 0.6) is 0 Å². The molecule has 1 aliphatic carbocycles. The first-order valence-electron chi connectivity index (χ1n) is 7.50. The molecule has 3 atom stereocenters. The fraction of sp³-hybridized carbons (Fsp3) is 0.867. The first-order valence-corrected chi connectivity index (χ1v) is 7.50. The van der Waals surface area contributed by atoms with Gasteiger partial charge in [-0.1, -0.05) is 0 Å². The number of carbonyl (C=O) groups excluding carboxylic acids is 1. The normalized spacial score (nSPS) is 29.9. The van der Waals surface area contributed by atoms with Gasteiger partial charge in [-0.2, -0.15) is 0 Å². The van der Waals surface area contributed by atoms with Crippen molar-refractivity contribution < 1.29 is 19.4 Å². The van der Waals surface area contributed by atoms with Crippen molar-refractivity contribution in [3.05, 3.63) is 0 Å². The van der Waals surface area contributed by atoms with E-state index in [0.29, 0.717) is 0 Å². The molecule has 5 nitrogen and oxygen atoms in total. The number of carboxylic acid groups (broad SMARTS) is 1. The molecule has 5 heteroatoms. The molecule has 1 saturated heterocycles. The van der Waals surface area contributed by atoms with E-state index in [-0.39, 0.29) is 24.0 Å². The molecule has 0 spiro atoms. The second kappa shape index (κ2) is 5.62. The van der Waals surface area contributed by atoms with Gasteiger partial charge >= 0.3 is 12.1 Å². The molecule has 0 aromatic carbocycles. The zero-order chi connectivity index (χ0) is 14.9. The Balaban J connectivity index is 1.92. The molecule has 2 aliphatic rings. The molecule has 0 bridgehead atoms. The van der Waals surface area contributed by atoms with Gasteiger partial charge in [0.05, 0.1) is 5.92 Å². The predicted molar refractivity (Wildman–Crippen MR) is 74.4 cm³/mol. The molecule has 1 aliphatic heterocycles. The predicted octanol–water partition coefficient (Wildman–Crippen LogP) is 2.89. The van der Waals surface area contributed by atoms with E-state index in [0.717, 1.165) is 38.6 Å². The Morgan fingerprint density at radius 2 is 2.00 bits per heavy atom. The van der Waals surface area contributed by atoms with Gasteiger partial charge in [-0.25, -0.2) is 4.79 Å². The number of amides is 1. The van der Waals surface area contributed by atoms with E-state index in [2.05, 4.69) is 0 Å². The second-order valence-electron chi connectivity index (χ2n) is 7.00. The van der Waals surface area contributed by atoms with Crippen molar-refractivity contribution in [2.75, 3.05) is 6.54 Å². The Labute approximate surface area is 120 Å². The van der Waals surface area contributed by atoms with Crippen molar-refractivity contribution in [2.45, 2.75) is 64.5 Å². The number of ether oxygens (including phenoxy) is 1. The number of rotatable bonds is 3. The van der Waals surface area contributed by atoms with Crippen molar-refractivity contribution in [2.24, 2.45) is 11.8 Å². The Morgan fingerprint density at radius 3 is 2.55 bits per heavy atom. The minimum atomic E-state index is -0.699. The Kier molecular flexibility index (Phi) is 4.25. The maximum atomic E-state index is 12.2. The van der Waals surface area contributed by atoms with Gasteiger partial charge in [0, 0.05) is 12.6 Å². The summed E-state index contributed by atoms with van der Waals surface area (Å²) < 4.78 is 5.45. The summed E-state index contributed by atoms with van der Waals surface area (Å²) in [6, 6.07) is 0.146. The highest BCUT2D eigenvalue weighted by Gasteiger charge is 2.45. The molecule has 1 N–H and O–H groups in total. The van der Waals surface area contributed by atoms with E-state index in [4.69, 9.17) is 9.84 Å². The highest BCUT2D eigenvalue weighted by molar-refractivity contribution is 5.73. The number of carboxylic acids is 1. The lowest BCUT2D eigenvalue weighted by molar-refractivity contribution is -0.138. The van der Waals surface area contributed by atoms with Crippen molar-refractivity contribution in [1.29, 1.82) is 0 Å². The second-order valence-corrected chi connectivity index (χ2v) is 7.00.